The van der Waals surface area contributed by atoms with E-state index in [0.29, 0.717) is 26.3 Å². The molecule has 0 aromatic carbocycles. The van der Waals surface area contributed by atoms with E-state index in [0.717, 1.165) is 0 Å². The molecule has 0 bridgehead atoms. The van der Waals surface area contributed by atoms with E-state index in [1.54, 1.807) is 0 Å². The number of hydrogen-bond donors (Lipinski definition) is 2. The third kappa shape index (κ3) is 2.98. The van der Waals surface area contributed by atoms with Crippen LogP contribution in [0.25, 0.3) is 0 Å². The number of amides is 3. The first-order chi connectivity index (χ1) is 8.49. The lowest BCUT2D eigenvalue weighted by molar-refractivity contribution is -0.120. The van der Waals surface area contributed by atoms with Crippen LogP contribution in [0.5, 0.6) is 0 Å². The molecule has 2 heterocycles. The fraction of sp³-hybridized carbons (Fsp3) is 0.778. The molecule has 0 spiro atoms. The predicted octanol–water partition coefficient (Wildman–Crippen LogP) is -1.75. The van der Waals surface area contributed by atoms with E-state index in [2.05, 4.69) is 10.6 Å². The highest BCUT2D eigenvalue weighted by atomic mass is 32.2. The lowest BCUT2D eigenvalue weighted by Gasteiger charge is -2.26. The molecular formula is C9H15N3O5S. The van der Waals surface area contributed by atoms with Crippen LogP contribution in [0.2, 0.25) is 0 Å². The van der Waals surface area contributed by atoms with Gasteiger partial charge in [-0.25, -0.2) is 13.2 Å². The van der Waals surface area contributed by atoms with Gasteiger partial charge in [0, 0.05) is 13.1 Å². The van der Waals surface area contributed by atoms with E-state index in [1.165, 1.54) is 4.31 Å². The molecule has 3 amide bonds. The Bertz CT molecular complexity index is 443. The van der Waals surface area contributed by atoms with Crippen molar-refractivity contribution in [3.63, 3.8) is 0 Å². The number of rotatable bonds is 4. The summed E-state index contributed by atoms with van der Waals surface area (Å²) < 4.78 is 30.3. The maximum atomic E-state index is 12.0. The summed E-state index contributed by atoms with van der Waals surface area (Å²) in [6.45, 7) is 1.46. The normalized spacial score (nSPS) is 25.9. The summed E-state index contributed by atoms with van der Waals surface area (Å²) in [6.07, 6.45) is 0.0806. The van der Waals surface area contributed by atoms with Crippen LogP contribution in [0.4, 0.5) is 4.79 Å². The Balaban J connectivity index is 1.88. The number of sulfonamides is 1. The highest BCUT2D eigenvalue weighted by molar-refractivity contribution is 7.89. The van der Waals surface area contributed by atoms with Gasteiger partial charge in [0.05, 0.1) is 19.0 Å². The zero-order chi connectivity index (χ0) is 13.2. The fourth-order valence-electron chi connectivity index (χ4n) is 1.88. The van der Waals surface area contributed by atoms with Crippen molar-refractivity contribution in [2.45, 2.75) is 12.5 Å². The van der Waals surface area contributed by atoms with Crippen LogP contribution in [-0.2, 0) is 19.6 Å². The topological polar surface area (TPSA) is 105 Å². The molecule has 1 atom stereocenters. The fourth-order valence-corrected chi connectivity index (χ4v) is 3.38. The molecular weight excluding hydrogens is 262 g/mol. The highest BCUT2D eigenvalue weighted by Crippen LogP contribution is 2.09. The first-order valence-corrected chi connectivity index (χ1v) is 7.27. The van der Waals surface area contributed by atoms with Gasteiger partial charge in [-0.2, -0.15) is 4.31 Å². The molecule has 1 unspecified atom stereocenters. The minimum Gasteiger partial charge on any atom is -0.379 e. The Morgan fingerprint density at radius 3 is 2.50 bits per heavy atom. The highest BCUT2D eigenvalue weighted by Gasteiger charge is 2.32. The van der Waals surface area contributed by atoms with Crippen molar-refractivity contribution < 1.29 is 22.7 Å². The molecule has 2 fully saturated rings. The van der Waals surface area contributed by atoms with Crippen molar-refractivity contribution in [1.29, 1.82) is 0 Å². The third-order valence-corrected chi connectivity index (χ3v) is 4.79. The molecule has 2 N–H and O–H groups in total. The van der Waals surface area contributed by atoms with Crippen molar-refractivity contribution in [2.75, 3.05) is 32.1 Å². The minimum atomic E-state index is -3.39. The largest absolute Gasteiger partial charge is 0.379 e. The molecule has 2 aliphatic heterocycles. The molecule has 2 aliphatic rings. The van der Waals surface area contributed by atoms with Crippen molar-refractivity contribution in [3.8, 4) is 0 Å². The van der Waals surface area contributed by atoms with Gasteiger partial charge in [-0.05, 0) is 6.42 Å². The lowest BCUT2D eigenvalue weighted by atomic mass is 10.2. The molecule has 2 rings (SSSR count). The lowest BCUT2D eigenvalue weighted by Crippen LogP contribution is -2.43. The zero-order valence-electron chi connectivity index (χ0n) is 9.72. The maximum Gasteiger partial charge on any atom is 0.322 e. The van der Waals surface area contributed by atoms with Crippen LogP contribution in [0.1, 0.15) is 6.42 Å². The Labute approximate surface area is 105 Å². The summed E-state index contributed by atoms with van der Waals surface area (Å²) in [4.78, 5) is 22.1. The first-order valence-electron chi connectivity index (χ1n) is 5.66. The number of hydrogen-bond acceptors (Lipinski definition) is 5. The van der Waals surface area contributed by atoms with Crippen LogP contribution in [0.3, 0.4) is 0 Å². The molecule has 102 valence electrons. The van der Waals surface area contributed by atoms with Gasteiger partial charge < -0.3 is 10.1 Å². The molecule has 18 heavy (non-hydrogen) atoms. The van der Waals surface area contributed by atoms with E-state index in [4.69, 9.17) is 4.74 Å². The number of morpholine rings is 1. The van der Waals surface area contributed by atoms with Gasteiger partial charge in [0.15, 0.2) is 0 Å². The number of nitrogens with zero attached hydrogens (tertiary/aromatic N) is 1. The summed E-state index contributed by atoms with van der Waals surface area (Å²) in [5.41, 5.74) is 0. The van der Waals surface area contributed by atoms with E-state index in [9.17, 15) is 18.0 Å². The van der Waals surface area contributed by atoms with Gasteiger partial charge in [-0.15, -0.1) is 0 Å². The number of carbonyl (C=O) groups is 2. The number of urea groups is 1. The number of nitrogens with one attached hydrogen (secondary N) is 2. The van der Waals surface area contributed by atoms with Gasteiger partial charge in [0.1, 0.15) is 6.04 Å². The van der Waals surface area contributed by atoms with Crippen LogP contribution >= 0.6 is 0 Å². The van der Waals surface area contributed by atoms with Crippen LogP contribution in [-0.4, -0.2) is 62.8 Å². The van der Waals surface area contributed by atoms with Gasteiger partial charge >= 0.3 is 6.03 Å². The molecule has 0 aromatic heterocycles. The second kappa shape index (κ2) is 5.21. The number of carbonyl (C=O) groups excluding carboxylic acids is 2. The monoisotopic (exact) mass is 277 g/mol. The van der Waals surface area contributed by atoms with E-state index >= 15 is 0 Å². The van der Waals surface area contributed by atoms with E-state index in [-0.39, 0.29) is 12.2 Å². The summed E-state index contributed by atoms with van der Waals surface area (Å²) >= 11 is 0. The van der Waals surface area contributed by atoms with Crippen LogP contribution in [0, 0.1) is 0 Å². The number of imide groups is 1. The van der Waals surface area contributed by atoms with Gasteiger partial charge in [-0.3, -0.25) is 10.1 Å². The predicted molar refractivity (Wildman–Crippen MR) is 61.3 cm³/mol. The second-order valence-corrected chi connectivity index (χ2v) is 6.22. The van der Waals surface area contributed by atoms with Crippen molar-refractivity contribution >= 4 is 22.0 Å². The van der Waals surface area contributed by atoms with Crippen LogP contribution < -0.4 is 10.6 Å². The average Bonchev–Trinajstić information content (AvgIpc) is 2.67. The van der Waals surface area contributed by atoms with Crippen molar-refractivity contribution in [2.24, 2.45) is 0 Å². The quantitative estimate of drug-likeness (QED) is 0.593. The SMILES string of the molecule is O=C1NC(=O)C(CCS(=O)(=O)N2CCOCC2)N1. The van der Waals surface area contributed by atoms with Gasteiger partial charge in [-0.1, -0.05) is 0 Å². The molecule has 8 nitrogen and oxygen atoms in total. The molecule has 0 aliphatic carbocycles. The Hall–Kier alpha value is -1.19. The van der Waals surface area contributed by atoms with E-state index in [1.807, 2.05) is 0 Å². The Morgan fingerprint density at radius 1 is 1.28 bits per heavy atom. The minimum absolute atomic E-state index is 0.0806. The average molecular weight is 277 g/mol. The summed E-state index contributed by atoms with van der Waals surface area (Å²) in [6, 6.07) is -1.33. The Morgan fingerprint density at radius 2 is 1.94 bits per heavy atom. The van der Waals surface area contributed by atoms with Gasteiger partial charge in [0.2, 0.25) is 10.0 Å². The Kier molecular flexibility index (Phi) is 3.83. The summed E-state index contributed by atoms with van der Waals surface area (Å²) in [5.74, 6) is -0.636. The third-order valence-electron chi connectivity index (χ3n) is 2.89. The smallest absolute Gasteiger partial charge is 0.322 e. The molecule has 9 heteroatoms. The summed E-state index contributed by atoms with van der Waals surface area (Å²) in [5, 5.41) is 4.44. The van der Waals surface area contributed by atoms with E-state index < -0.39 is 28.0 Å². The first kappa shape index (κ1) is 13.2. The van der Waals surface area contributed by atoms with Gasteiger partial charge in [0.25, 0.3) is 5.91 Å². The van der Waals surface area contributed by atoms with Crippen molar-refractivity contribution in [3.05, 3.63) is 0 Å². The maximum absolute atomic E-state index is 12.0. The zero-order valence-corrected chi connectivity index (χ0v) is 10.5. The number of ether oxygens (including phenoxy) is 1. The molecule has 0 radical (unpaired) electrons. The molecule has 0 saturated carbocycles. The second-order valence-electron chi connectivity index (χ2n) is 4.13. The van der Waals surface area contributed by atoms with Crippen molar-refractivity contribution in [1.82, 2.24) is 14.9 Å². The standard InChI is InChI=1S/C9H15N3O5S/c13-8-7(10-9(14)11-8)1-6-18(15,16)12-2-4-17-5-3-12/h7H,1-6H2,(H2,10,11,13,14). The molecule has 2 saturated heterocycles. The van der Waals surface area contributed by atoms with Crippen LogP contribution in [0.15, 0.2) is 0 Å². The summed E-state index contributed by atoms with van der Waals surface area (Å²) in [7, 11) is -3.39. The molecule has 0 aromatic rings.